The van der Waals surface area contributed by atoms with Gasteiger partial charge in [0.2, 0.25) is 5.89 Å². The molecule has 1 atom stereocenters. The van der Waals surface area contributed by atoms with Gasteiger partial charge < -0.3 is 14.2 Å². The Morgan fingerprint density at radius 2 is 2.25 bits per heavy atom. The minimum Gasteiger partial charge on any atom is -0.339 e. The number of nitrogens with one attached hydrogen (secondary N) is 1. The third kappa shape index (κ3) is 2.70. The van der Waals surface area contributed by atoms with E-state index >= 15 is 0 Å². The number of hydrogen-bond donors (Lipinski definition) is 1. The minimum atomic E-state index is 0.329. The van der Waals surface area contributed by atoms with Gasteiger partial charge in [-0.3, -0.25) is 0 Å². The van der Waals surface area contributed by atoms with E-state index in [0.717, 1.165) is 23.6 Å². The van der Waals surface area contributed by atoms with E-state index in [1.165, 1.54) is 0 Å². The first-order valence-corrected chi connectivity index (χ1v) is 6.66. The first-order valence-electron chi connectivity index (χ1n) is 6.66. The lowest BCUT2D eigenvalue weighted by atomic mass is 10.2. The van der Waals surface area contributed by atoms with Crippen molar-refractivity contribution in [2.24, 2.45) is 0 Å². The molecule has 104 valence electrons. The van der Waals surface area contributed by atoms with E-state index in [2.05, 4.69) is 27.4 Å². The molecule has 0 bridgehead atoms. The Kier molecular flexibility index (Phi) is 3.47. The van der Waals surface area contributed by atoms with Crippen LogP contribution in [0, 0.1) is 0 Å². The van der Waals surface area contributed by atoms with Gasteiger partial charge >= 0.3 is 0 Å². The van der Waals surface area contributed by atoms with Crippen molar-refractivity contribution in [2.45, 2.75) is 25.8 Å². The predicted octanol–water partition coefficient (Wildman–Crippen LogP) is 1.46. The van der Waals surface area contributed by atoms with E-state index in [4.69, 9.17) is 4.52 Å². The normalized spacial score (nSPS) is 12.9. The van der Waals surface area contributed by atoms with Crippen LogP contribution in [0.4, 0.5) is 0 Å². The van der Waals surface area contributed by atoms with Crippen molar-refractivity contribution >= 4 is 5.65 Å². The minimum absolute atomic E-state index is 0.329. The number of hydrogen-bond acceptors (Lipinski definition) is 5. The van der Waals surface area contributed by atoms with Gasteiger partial charge in [0.1, 0.15) is 5.65 Å². The third-order valence-electron chi connectivity index (χ3n) is 3.24. The summed E-state index contributed by atoms with van der Waals surface area (Å²) in [6, 6.07) is 6.24. The molecule has 0 amide bonds. The van der Waals surface area contributed by atoms with E-state index in [0.29, 0.717) is 18.4 Å². The molecule has 3 aromatic heterocycles. The fourth-order valence-electron chi connectivity index (χ4n) is 2.05. The van der Waals surface area contributed by atoms with E-state index < -0.39 is 0 Å². The summed E-state index contributed by atoms with van der Waals surface area (Å²) in [6.45, 7) is 2.08. The number of rotatable bonds is 5. The van der Waals surface area contributed by atoms with Gasteiger partial charge in [0.05, 0.1) is 12.1 Å². The molecule has 0 aromatic carbocycles. The van der Waals surface area contributed by atoms with Crippen LogP contribution in [0.25, 0.3) is 5.65 Å². The smallest absolute Gasteiger partial charge is 0.232 e. The van der Waals surface area contributed by atoms with Crippen LogP contribution >= 0.6 is 0 Å². The highest BCUT2D eigenvalue weighted by Crippen LogP contribution is 2.10. The van der Waals surface area contributed by atoms with E-state index in [-0.39, 0.29) is 0 Å². The molecule has 3 aromatic rings. The predicted molar refractivity (Wildman–Crippen MR) is 74.5 cm³/mol. The molecular formula is C14H17N5O. The van der Waals surface area contributed by atoms with Gasteiger partial charge in [-0.25, -0.2) is 4.98 Å². The fourth-order valence-corrected chi connectivity index (χ4v) is 2.05. The molecule has 0 aliphatic heterocycles. The molecule has 1 N–H and O–H groups in total. The molecule has 0 radical (unpaired) electrons. The second-order valence-corrected chi connectivity index (χ2v) is 4.87. The molecular weight excluding hydrogens is 254 g/mol. The summed E-state index contributed by atoms with van der Waals surface area (Å²) in [7, 11) is 1.92. The zero-order chi connectivity index (χ0) is 13.9. The van der Waals surface area contributed by atoms with E-state index in [1.54, 1.807) is 0 Å². The van der Waals surface area contributed by atoms with Crippen molar-refractivity contribution < 1.29 is 4.52 Å². The molecule has 0 fully saturated rings. The number of nitrogens with zero attached hydrogens (tertiary/aromatic N) is 4. The second kappa shape index (κ2) is 5.42. The summed E-state index contributed by atoms with van der Waals surface area (Å²) in [5.74, 6) is 1.33. The van der Waals surface area contributed by atoms with Gasteiger partial charge in [0.15, 0.2) is 5.82 Å². The Balaban J connectivity index is 1.74. The second-order valence-electron chi connectivity index (χ2n) is 4.87. The number of imidazole rings is 1. The number of fused-ring (bicyclic) bond motifs is 1. The monoisotopic (exact) mass is 271 g/mol. The molecule has 1 unspecified atom stereocenters. The summed E-state index contributed by atoms with van der Waals surface area (Å²) in [6.07, 6.45) is 5.27. The Labute approximate surface area is 116 Å². The largest absolute Gasteiger partial charge is 0.339 e. The lowest BCUT2D eigenvalue weighted by Crippen LogP contribution is -2.24. The van der Waals surface area contributed by atoms with Crippen molar-refractivity contribution in [2.75, 3.05) is 7.05 Å². The van der Waals surface area contributed by atoms with Crippen molar-refractivity contribution in [1.29, 1.82) is 0 Å². The molecule has 20 heavy (non-hydrogen) atoms. The Morgan fingerprint density at radius 1 is 1.35 bits per heavy atom. The van der Waals surface area contributed by atoms with Crippen LogP contribution in [0.15, 0.2) is 35.1 Å². The standard InChI is InChI=1S/C14H17N5O/c1-10(15-2)7-12-17-14(20-18-12)8-11-9-19-6-4-3-5-13(19)16-11/h3-6,9-10,15H,7-8H2,1-2H3. The summed E-state index contributed by atoms with van der Waals surface area (Å²) < 4.78 is 7.25. The molecule has 0 spiro atoms. The summed E-state index contributed by atoms with van der Waals surface area (Å²) in [4.78, 5) is 8.91. The van der Waals surface area contributed by atoms with E-state index in [9.17, 15) is 0 Å². The summed E-state index contributed by atoms with van der Waals surface area (Å²) in [5.41, 5.74) is 1.85. The molecule has 3 heterocycles. The molecule has 3 rings (SSSR count). The van der Waals surface area contributed by atoms with Gasteiger partial charge in [-0.05, 0) is 26.1 Å². The zero-order valence-corrected chi connectivity index (χ0v) is 11.6. The quantitative estimate of drug-likeness (QED) is 0.761. The first kappa shape index (κ1) is 12.8. The van der Waals surface area contributed by atoms with Crippen LogP contribution in [0.3, 0.4) is 0 Å². The SMILES string of the molecule is CNC(C)Cc1noc(Cc2cn3ccccc3n2)n1. The lowest BCUT2D eigenvalue weighted by Gasteiger charge is -2.04. The molecule has 0 aliphatic carbocycles. The van der Waals surface area contributed by atoms with Crippen LogP contribution in [-0.2, 0) is 12.8 Å². The maximum Gasteiger partial charge on any atom is 0.232 e. The maximum absolute atomic E-state index is 5.27. The van der Waals surface area contributed by atoms with Crippen molar-refractivity contribution in [3.63, 3.8) is 0 Å². The average Bonchev–Trinajstić information content (AvgIpc) is 3.05. The van der Waals surface area contributed by atoms with E-state index in [1.807, 2.05) is 42.0 Å². The van der Waals surface area contributed by atoms with Crippen LogP contribution in [0.1, 0.15) is 24.3 Å². The zero-order valence-electron chi connectivity index (χ0n) is 11.6. The summed E-state index contributed by atoms with van der Waals surface area (Å²) >= 11 is 0. The highest BCUT2D eigenvalue weighted by molar-refractivity contribution is 5.39. The van der Waals surface area contributed by atoms with Gasteiger partial charge in [-0.2, -0.15) is 4.98 Å². The number of aromatic nitrogens is 4. The van der Waals surface area contributed by atoms with Gasteiger partial charge in [0.25, 0.3) is 0 Å². The molecule has 0 saturated heterocycles. The third-order valence-corrected chi connectivity index (χ3v) is 3.24. The molecule has 0 aliphatic rings. The van der Waals surface area contributed by atoms with Crippen molar-refractivity contribution in [3.05, 3.63) is 48.0 Å². The highest BCUT2D eigenvalue weighted by Gasteiger charge is 2.11. The maximum atomic E-state index is 5.27. The molecule has 0 saturated carbocycles. The van der Waals surface area contributed by atoms with Crippen LogP contribution < -0.4 is 5.32 Å². The highest BCUT2D eigenvalue weighted by atomic mass is 16.5. The van der Waals surface area contributed by atoms with Gasteiger partial charge in [-0.15, -0.1) is 0 Å². The topological polar surface area (TPSA) is 68.2 Å². The number of likely N-dealkylation sites (N-methyl/N-ethyl adjacent to an activating group) is 1. The van der Waals surface area contributed by atoms with Crippen LogP contribution in [0.5, 0.6) is 0 Å². The van der Waals surface area contributed by atoms with Gasteiger partial charge in [-0.1, -0.05) is 11.2 Å². The van der Waals surface area contributed by atoms with Crippen molar-refractivity contribution in [1.82, 2.24) is 24.8 Å². The average molecular weight is 271 g/mol. The Morgan fingerprint density at radius 3 is 3.05 bits per heavy atom. The van der Waals surface area contributed by atoms with Crippen LogP contribution in [0.2, 0.25) is 0 Å². The van der Waals surface area contributed by atoms with Gasteiger partial charge in [0, 0.05) is 24.9 Å². The molecule has 6 nitrogen and oxygen atoms in total. The number of pyridine rings is 1. The Bertz CT molecular complexity index is 669. The molecule has 6 heteroatoms. The van der Waals surface area contributed by atoms with Crippen molar-refractivity contribution in [3.8, 4) is 0 Å². The first-order chi connectivity index (χ1) is 9.74. The fraction of sp³-hybridized carbons (Fsp3) is 0.357. The van der Waals surface area contributed by atoms with Crippen LogP contribution in [-0.4, -0.2) is 32.6 Å². The Hall–Kier alpha value is -2.21. The summed E-state index contributed by atoms with van der Waals surface area (Å²) in [5, 5.41) is 7.15. The lowest BCUT2D eigenvalue weighted by molar-refractivity contribution is 0.376.